The summed E-state index contributed by atoms with van der Waals surface area (Å²) < 4.78 is 19.6. The van der Waals surface area contributed by atoms with E-state index < -0.39 is 0 Å². The van der Waals surface area contributed by atoms with Crippen LogP contribution in [0.25, 0.3) is 0 Å². The van der Waals surface area contributed by atoms with Gasteiger partial charge in [-0.2, -0.15) is 0 Å². The second-order valence-electron chi connectivity index (χ2n) is 6.16. The minimum Gasteiger partial charge on any atom is -0.488 e. The van der Waals surface area contributed by atoms with Gasteiger partial charge in [0.05, 0.1) is 12.7 Å². The van der Waals surface area contributed by atoms with Crippen LogP contribution in [-0.4, -0.2) is 29.4 Å². The largest absolute Gasteiger partial charge is 0.488 e. The number of rotatable bonds is 7. The third kappa shape index (κ3) is 3.93. The lowest BCUT2D eigenvalue weighted by atomic mass is 9.95. The van der Waals surface area contributed by atoms with Crippen LogP contribution in [0.5, 0.6) is 5.75 Å². The molecule has 0 bridgehead atoms. The van der Waals surface area contributed by atoms with Gasteiger partial charge in [0.15, 0.2) is 11.6 Å². The molecule has 20 heavy (non-hydrogen) atoms. The highest BCUT2D eigenvalue weighted by Gasteiger charge is 2.33. The van der Waals surface area contributed by atoms with Gasteiger partial charge in [-0.05, 0) is 45.2 Å². The van der Waals surface area contributed by atoms with Gasteiger partial charge in [-0.25, -0.2) is 4.39 Å². The second kappa shape index (κ2) is 6.10. The number of aliphatic hydroxyl groups is 1. The molecule has 2 unspecified atom stereocenters. The summed E-state index contributed by atoms with van der Waals surface area (Å²) in [5, 5.41) is 13.0. The van der Waals surface area contributed by atoms with Gasteiger partial charge in [-0.1, -0.05) is 12.1 Å². The van der Waals surface area contributed by atoms with Gasteiger partial charge < -0.3 is 15.2 Å². The van der Waals surface area contributed by atoms with Crippen molar-refractivity contribution in [2.24, 2.45) is 0 Å². The molecule has 1 fully saturated rings. The van der Waals surface area contributed by atoms with Crippen LogP contribution in [0.1, 0.15) is 38.7 Å². The van der Waals surface area contributed by atoms with Crippen LogP contribution >= 0.6 is 0 Å². The maximum Gasteiger partial charge on any atom is 0.167 e. The molecule has 0 heterocycles. The molecule has 0 spiro atoms. The van der Waals surface area contributed by atoms with Crippen molar-refractivity contribution < 1.29 is 14.2 Å². The summed E-state index contributed by atoms with van der Waals surface area (Å²) in [5.41, 5.74) is 0.205. The van der Waals surface area contributed by atoms with E-state index in [9.17, 15) is 9.50 Å². The van der Waals surface area contributed by atoms with E-state index in [2.05, 4.69) is 5.32 Å². The number of halogens is 1. The maximum atomic E-state index is 13.9. The molecule has 1 aliphatic carbocycles. The van der Waals surface area contributed by atoms with E-state index >= 15 is 0 Å². The van der Waals surface area contributed by atoms with Crippen molar-refractivity contribution in [2.45, 2.75) is 57.7 Å². The Hall–Kier alpha value is -1.13. The lowest BCUT2D eigenvalue weighted by molar-refractivity contribution is 0.106. The fourth-order valence-electron chi connectivity index (χ4n) is 2.49. The average molecular weight is 281 g/mol. The zero-order valence-corrected chi connectivity index (χ0v) is 12.4. The minimum atomic E-state index is -0.374. The molecule has 0 amide bonds. The third-order valence-corrected chi connectivity index (χ3v) is 3.70. The predicted octanol–water partition coefficient (Wildman–Crippen LogP) is 2.79. The van der Waals surface area contributed by atoms with Gasteiger partial charge in [0.25, 0.3) is 0 Å². The summed E-state index contributed by atoms with van der Waals surface area (Å²) in [7, 11) is 0. The Kier molecular flexibility index (Phi) is 4.66. The molecule has 2 rings (SSSR count). The first kappa shape index (κ1) is 15.3. The highest BCUT2D eigenvalue weighted by molar-refractivity contribution is 5.30. The lowest BCUT2D eigenvalue weighted by Crippen LogP contribution is -2.49. The van der Waals surface area contributed by atoms with Crippen molar-refractivity contribution in [3.63, 3.8) is 0 Å². The number of ether oxygens (including phenoxy) is 1. The first-order valence-corrected chi connectivity index (χ1v) is 7.24. The van der Waals surface area contributed by atoms with Crippen LogP contribution in [-0.2, 0) is 0 Å². The molecule has 1 aromatic rings. The summed E-state index contributed by atoms with van der Waals surface area (Å²) in [6.45, 7) is 5.66. The molecule has 2 atom stereocenters. The third-order valence-electron chi connectivity index (χ3n) is 3.70. The molecule has 1 aliphatic rings. The number of nitrogens with one attached hydrogen (secondary N) is 1. The topological polar surface area (TPSA) is 41.5 Å². The van der Waals surface area contributed by atoms with Crippen LogP contribution in [0.3, 0.4) is 0 Å². The zero-order valence-electron chi connectivity index (χ0n) is 12.4. The van der Waals surface area contributed by atoms with Crippen LogP contribution in [0, 0.1) is 12.7 Å². The molecule has 112 valence electrons. The monoisotopic (exact) mass is 281 g/mol. The Bertz CT molecular complexity index is 462. The molecule has 1 saturated carbocycles. The second-order valence-corrected chi connectivity index (χ2v) is 6.16. The zero-order chi connectivity index (χ0) is 14.8. The first-order valence-electron chi connectivity index (χ1n) is 7.24. The van der Waals surface area contributed by atoms with E-state index in [4.69, 9.17) is 4.74 Å². The van der Waals surface area contributed by atoms with Gasteiger partial charge >= 0.3 is 0 Å². The fraction of sp³-hybridized carbons (Fsp3) is 0.625. The summed E-state index contributed by atoms with van der Waals surface area (Å²) in [4.78, 5) is 0. The molecule has 0 radical (unpaired) electrons. The van der Waals surface area contributed by atoms with Crippen molar-refractivity contribution in [1.29, 1.82) is 0 Å². The van der Waals surface area contributed by atoms with Crippen LogP contribution in [0.2, 0.25) is 0 Å². The normalized spacial score (nSPS) is 19.4. The molecular weight excluding hydrogens is 257 g/mol. The van der Waals surface area contributed by atoms with E-state index in [1.54, 1.807) is 25.1 Å². The van der Waals surface area contributed by atoms with Crippen molar-refractivity contribution in [3.05, 3.63) is 29.6 Å². The molecule has 0 aromatic heterocycles. The highest BCUT2D eigenvalue weighted by Crippen LogP contribution is 2.27. The van der Waals surface area contributed by atoms with Crippen LogP contribution < -0.4 is 10.1 Å². The Balaban J connectivity index is 1.96. The Morgan fingerprint density at radius 3 is 2.80 bits per heavy atom. The minimum absolute atomic E-state index is 0.0491. The Labute approximate surface area is 120 Å². The van der Waals surface area contributed by atoms with Crippen LogP contribution in [0.4, 0.5) is 4.39 Å². The Morgan fingerprint density at radius 1 is 1.50 bits per heavy atom. The van der Waals surface area contributed by atoms with Crippen molar-refractivity contribution in [1.82, 2.24) is 5.32 Å². The summed E-state index contributed by atoms with van der Waals surface area (Å²) >= 11 is 0. The van der Waals surface area contributed by atoms with E-state index in [-0.39, 0.29) is 29.8 Å². The smallest absolute Gasteiger partial charge is 0.167 e. The number of hydrogen-bond acceptors (Lipinski definition) is 3. The number of benzene rings is 1. The molecular formula is C16H24FNO2. The molecule has 2 N–H and O–H groups in total. The van der Waals surface area contributed by atoms with Gasteiger partial charge in [0.2, 0.25) is 0 Å². The van der Waals surface area contributed by atoms with Crippen molar-refractivity contribution >= 4 is 0 Å². The molecule has 0 saturated heterocycles. The van der Waals surface area contributed by atoms with Gasteiger partial charge in [-0.3, -0.25) is 0 Å². The fourth-order valence-corrected chi connectivity index (χ4v) is 2.49. The van der Waals surface area contributed by atoms with E-state index in [1.807, 2.05) is 13.8 Å². The molecule has 0 aliphatic heterocycles. The molecule has 1 aromatic carbocycles. The van der Waals surface area contributed by atoms with E-state index in [0.29, 0.717) is 18.0 Å². The molecule has 3 nitrogen and oxygen atoms in total. The Morgan fingerprint density at radius 2 is 2.20 bits per heavy atom. The molecule has 4 heteroatoms. The lowest BCUT2D eigenvalue weighted by Gasteiger charge is -2.32. The highest BCUT2D eigenvalue weighted by atomic mass is 19.1. The van der Waals surface area contributed by atoms with E-state index in [1.165, 1.54) is 0 Å². The van der Waals surface area contributed by atoms with Crippen molar-refractivity contribution in [3.8, 4) is 5.75 Å². The summed E-state index contributed by atoms with van der Waals surface area (Å²) in [6.07, 6.45) is 2.79. The van der Waals surface area contributed by atoms with Crippen LogP contribution in [0.15, 0.2) is 18.2 Å². The first-order chi connectivity index (χ1) is 9.43. The van der Waals surface area contributed by atoms with Crippen molar-refractivity contribution in [2.75, 3.05) is 6.61 Å². The number of aryl methyl sites for hydroxylation is 1. The van der Waals surface area contributed by atoms with Gasteiger partial charge in [0, 0.05) is 18.0 Å². The number of hydrogen-bond donors (Lipinski definition) is 2. The van der Waals surface area contributed by atoms with E-state index in [0.717, 1.165) is 12.8 Å². The van der Waals surface area contributed by atoms with Gasteiger partial charge in [-0.15, -0.1) is 0 Å². The standard InChI is InChI=1S/C16H24FNO2/c1-11-5-4-6-14(15(11)17)20-12(2)9-16(3,10-19)18-13-7-8-13/h4-6,12-13,18-19H,7-10H2,1-3H3. The maximum absolute atomic E-state index is 13.9. The number of aliphatic hydroxyl groups excluding tert-OH is 1. The summed E-state index contributed by atoms with van der Waals surface area (Å²) in [5.74, 6) is -0.0237. The SMILES string of the molecule is Cc1cccc(OC(C)CC(C)(CO)NC2CC2)c1F. The van der Waals surface area contributed by atoms with Gasteiger partial charge in [0.1, 0.15) is 0 Å². The summed E-state index contributed by atoms with van der Waals surface area (Å²) in [6, 6.07) is 5.66. The average Bonchev–Trinajstić information content (AvgIpc) is 3.18. The predicted molar refractivity (Wildman–Crippen MR) is 77.5 cm³/mol. The quantitative estimate of drug-likeness (QED) is 0.807.